The van der Waals surface area contributed by atoms with E-state index in [1.54, 1.807) is 33.7 Å². The summed E-state index contributed by atoms with van der Waals surface area (Å²) in [7, 11) is 4.81. The van der Waals surface area contributed by atoms with Crippen LogP contribution in [-0.2, 0) is 11.2 Å². The van der Waals surface area contributed by atoms with E-state index in [9.17, 15) is 4.79 Å². The highest BCUT2D eigenvalue weighted by Crippen LogP contribution is 2.52. The highest BCUT2D eigenvalue weighted by Gasteiger charge is 2.36. The molecule has 0 fully saturated rings. The lowest BCUT2D eigenvalue weighted by Gasteiger charge is -2.30. The van der Waals surface area contributed by atoms with E-state index in [-0.39, 0.29) is 18.6 Å². The summed E-state index contributed by atoms with van der Waals surface area (Å²) >= 11 is 0. The molecule has 32 heavy (non-hydrogen) atoms. The Balaban J connectivity index is 2.13. The van der Waals surface area contributed by atoms with Crippen LogP contribution >= 0.6 is 0 Å². The molecule has 0 saturated carbocycles. The van der Waals surface area contributed by atoms with Crippen molar-refractivity contribution in [1.82, 2.24) is 9.55 Å². The topological polar surface area (TPSA) is 71.8 Å². The molecule has 1 aliphatic heterocycles. The van der Waals surface area contributed by atoms with E-state index in [0.717, 1.165) is 40.1 Å². The van der Waals surface area contributed by atoms with Crippen molar-refractivity contribution >= 4 is 5.97 Å². The van der Waals surface area contributed by atoms with Crippen molar-refractivity contribution in [3.63, 3.8) is 0 Å². The number of fused-ring (bicyclic) bond motifs is 3. The molecule has 0 N–H and O–H groups in total. The molecular weight excluding hydrogens is 408 g/mol. The Morgan fingerprint density at radius 2 is 1.81 bits per heavy atom. The molecule has 0 bridgehead atoms. The van der Waals surface area contributed by atoms with Gasteiger partial charge in [-0.15, -0.1) is 0 Å². The van der Waals surface area contributed by atoms with Crippen LogP contribution < -0.4 is 14.2 Å². The third-order valence-electron chi connectivity index (χ3n) is 6.03. The molecule has 4 rings (SSSR count). The predicted molar refractivity (Wildman–Crippen MR) is 122 cm³/mol. The number of ether oxygens (including phenoxy) is 4. The molecule has 0 saturated heterocycles. The van der Waals surface area contributed by atoms with Gasteiger partial charge in [0.1, 0.15) is 0 Å². The zero-order valence-corrected chi connectivity index (χ0v) is 19.3. The number of pyridine rings is 1. The normalized spacial score (nSPS) is 14.4. The average molecular weight is 437 g/mol. The summed E-state index contributed by atoms with van der Waals surface area (Å²) in [5, 5.41) is 0. The zero-order valence-electron chi connectivity index (χ0n) is 19.3. The van der Waals surface area contributed by atoms with Gasteiger partial charge in [-0.2, -0.15) is 0 Å². The first-order valence-corrected chi connectivity index (χ1v) is 10.6. The first-order valence-electron chi connectivity index (χ1n) is 10.6. The number of benzene rings is 1. The standard InChI is InChI=1S/C25H28N2O5/c1-7-32-25(28)21-20(16-8-10-26-11-9-16)15(3)27-14(2)12-18-17(22(21)27)13-19(29-4)24(31-6)23(18)30-5/h8-11,13-14H,7,12H2,1-6H3. The zero-order chi connectivity index (χ0) is 23.0. The van der Waals surface area contributed by atoms with Crippen molar-refractivity contribution < 1.29 is 23.7 Å². The highest BCUT2D eigenvalue weighted by atomic mass is 16.5. The molecule has 1 aliphatic rings. The van der Waals surface area contributed by atoms with Crippen LogP contribution in [-0.4, -0.2) is 43.5 Å². The van der Waals surface area contributed by atoms with Crippen LogP contribution in [0.5, 0.6) is 17.2 Å². The van der Waals surface area contributed by atoms with Gasteiger partial charge in [-0.05, 0) is 51.0 Å². The number of nitrogens with zero attached hydrogens (tertiary/aromatic N) is 2. The number of carbonyl (C=O) groups is 1. The second kappa shape index (κ2) is 8.57. The number of carbonyl (C=O) groups excluding carboxylic acids is 1. The van der Waals surface area contributed by atoms with E-state index in [0.29, 0.717) is 22.8 Å². The van der Waals surface area contributed by atoms with Crippen molar-refractivity contribution in [3.8, 4) is 39.6 Å². The molecule has 0 radical (unpaired) electrons. The number of aromatic nitrogens is 2. The smallest absolute Gasteiger partial charge is 0.340 e. The van der Waals surface area contributed by atoms with Gasteiger partial charge in [0.25, 0.3) is 0 Å². The van der Waals surface area contributed by atoms with Gasteiger partial charge in [0.2, 0.25) is 5.75 Å². The fraction of sp³-hybridized carbons (Fsp3) is 0.360. The Bertz CT molecular complexity index is 1170. The molecule has 7 heteroatoms. The minimum Gasteiger partial charge on any atom is -0.493 e. The van der Waals surface area contributed by atoms with Gasteiger partial charge in [-0.25, -0.2) is 4.79 Å². The Hall–Kier alpha value is -3.48. The molecule has 3 aromatic rings. The summed E-state index contributed by atoms with van der Waals surface area (Å²) in [6, 6.07) is 5.84. The lowest BCUT2D eigenvalue weighted by Crippen LogP contribution is -2.19. The van der Waals surface area contributed by atoms with Crippen LogP contribution in [0, 0.1) is 6.92 Å². The second-order valence-corrected chi connectivity index (χ2v) is 7.73. The van der Waals surface area contributed by atoms with Gasteiger partial charge in [0.15, 0.2) is 11.5 Å². The van der Waals surface area contributed by atoms with Crippen LogP contribution in [0.1, 0.15) is 41.5 Å². The minimum absolute atomic E-state index is 0.0910. The molecule has 0 amide bonds. The van der Waals surface area contributed by atoms with Gasteiger partial charge < -0.3 is 23.5 Å². The Morgan fingerprint density at radius 1 is 1.12 bits per heavy atom. The number of hydrogen-bond donors (Lipinski definition) is 0. The van der Waals surface area contributed by atoms with E-state index in [4.69, 9.17) is 18.9 Å². The Labute approximate surface area is 187 Å². The van der Waals surface area contributed by atoms with Gasteiger partial charge in [0.05, 0.1) is 39.2 Å². The summed E-state index contributed by atoms with van der Waals surface area (Å²) in [6.45, 7) is 6.28. The molecular formula is C25H28N2O5. The Morgan fingerprint density at radius 3 is 2.41 bits per heavy atom. The van der Waals surface area contributed by atoms with Crippen molar-refractivity contribution in [2.75, 3.05) is 27.9 Å². The van der Waals surface area contributed by atoms with Crippen molar-refractivity contribution in [3.05, 3.63) is 47.4 Å². The summed E-state index contributed by atoms with van der Waals surface area (Å²) in [6.07, 6.45) is 4.18. The largest absolute Gasteiger partial charge is 0.493 e. The second-order valence-electron chi connectivity index (χ2n) is 7.73. The van der Waals surface area contributed by atoms with Crippen LogP contribution in [0.4, 0.5) is 0 Å². The fourth-order valence-electron chi connectivity index (χ4n) is 4.81. The van der Waals surface area contributed by atoms with Gasteiger partial charge in [0, 0.05) is 40.8 Å². The van der Waals surface area contributed by atoms with Crippen molar-refractivity contribution in [1.29, 1.82) is 0 Å². The third kappa shape index (κ3) is 3.20. The minimum atomic E-state index is -0.357. The maximum absolute atomic E-state index is 13.3. The molecule has 1 aromatic carbocycles. The monoisotopic (exact) mass is 436 g/mol. The molecule has 3 heterocycles. The average Bonchev–Trinajstić information content (AvgIpc) is 3.12. The van der Waals surface area contributed by atoms with E-state index < -0.39 is 0 Å². The van der Waals surface area contributed by atoms with Crippen molar-refractivity contribution in [2.45, 2.75) is 33.2 Å². The molecule has 168 valence electrons. The van der Waals surface area contributed by atoms with Gasteiger partial charge in [-0.1, -0.05) is 0 Å². The van der Waals surface area contributed by atoms with Gasteiger partial charge in [-0.3, -0.25) is 4.98 Å². The number of methoxy groups -OCH3 is 3. The van der Waals surface area contributed by atoms with E-state index >= 15 is 0 Å². The number of esters is 1. The van der Waals surface area contributed by atoms with Gasteiger partial charge >= 0.3 is 5.97 Å². The van der Waals surface area contributed by atoms with Crippen molar-refractivity contribution in [2.24, 2.45) is 0 Å². The third-order valence-corrected chi connectivity index (χ3v) is 6.03. The molecule has 0 aliphatic carbocycles. The highest BCUT2D eigenvalue weighted by molar-refractivity contribution is 6.06. The van der Waals surface area contributed by atoms with Crippen LogP contribution in [0.3, 0.4) is 0 Å². The number of hydrogen-bond acceptors (Lipinski definition) is 6. The Kier molecular flexibility index (Phi) is 5.82. The summed E-state index contributed by atoms with van der Waals surface area (Å²) < 4.78 is 24.7. The maximum Gasteiger partial charge on any atom is 0.340 e. The quantitative estimate of drug-likeness (QED) is 0.515. The van der Waals surface area contributed by atoms with Crippen LogP contribution in [0.2, 0.25) is 0 Å². The van der Waals surface area contributed by atoms with E-state index in [2.05, 4.69) is 16.5 Å². The predicted octanol–water partition coefficient (Wildman–Crippen LogP) is 4.85. The molecule has 0 spiro atoms. The lowest BCUT2D eigenvalue weighted by atomic mass is 9.90. The molecule has 2 aromatic heterocycles. The molecule has 1 atom stereocenters. The van der Waals surface area contributed by atoms with E-state index in [1.807, 2.05) is 32.0 Å². The van der Waals surface area contributed by atoms with E-state index in [1.165, 1.54) is 0 Å². The van der Waals surface area contributed by atoms with Crippen LogP contribution in [0.15, 0.2) is 30.6 Å². The summed E-state index contributed by atoms with van der Waals surface area (Å²) in [4.78, 5) is 17.5. The molecule has 1 unspecified atom stereocenters. The number of rotatable bonds is 6. The maximum atomic E-state index is 13.3. The summed E-state index contributed by atoms with van der Waals surface area (Å²) in [5.74, 6) is 1.36. The fourth-order valence-corrected chi connectivity index (χ4v) is 4.81. The lowest BCUT2D eigenvalue weighted by molar-refractivity contribution is 0.0528. The van der Waals surface area contributed by atoms with Crippen LogP contribution in [0.25, 0.3) is 22.4 Å². The molecule has 7 nitrogen and oxygen atoms in total. The summed E-state index contributed by atoms with van der Waals surface area (Å²) in [5.41, 5.74) is 5.98. The SMILES string of the molecule is CCOC(=O)c1c(-c2ccncc2)c(C)n2c1-c1cc(OC)c(OC)c(OC)c1CC2C. The first kappa shape index (κ1) is 21.7. The first-order chi connectivity index (χ1) is 15.5.